The summed E-state index contributed by atoms with van der Waals surface area (Å²) in [5, 5.41) is 4.79. The largest absolute Gasteiger partial charge is 0.368 e. The van der Waals surface area contributed by atoms with Crippen molar-refractivity contribution >= 4 is 38.3 Å². The first-order valence-electron chi connectivity index (χ1n) is 4.69. The molecule has 16 heavy (non-hydrogen) atoms. The molecule has 6 N–H and O–H groups in total. The summed E-state index contributed by atoms with van der Waals surface area (Å²) >= 11 is 1.53. The zero-order valence-corrected chi connectivity index (χ0v) is 10.8. The number of carbonyl (C=O) groups excluding carboxylic acids is 3. The topological polar surface area (TPSA) is 127 Å². The minimum absolute atomic E-state index is 0.241. The van der Waals surface area contributed by atoms with Crippen molar-refractivity contribution in [2.75, 3.05) is 13.1 Å². The van der Waals surface area contributed by atoms with Gasteiger partial charge in [-0.2, -0.15) is 0 Å². The van der Waals surface area contributed by atoms with Crippen molar-refractivity contribution in [3.05, 3.63) is 0 Å². The van der Waals surface area contributed by atoms with Gasteiger partial charge in [-0.05, 0) is 19.4 Å². The van der Waals surface area contributed by atoms with E-state index in [1.807, 2.05) is 0 Å². The number of hydrogen-bond donors (Lipinski definition) is 4. The van der Waals surface area contributed by atoms with Crippen molar-refractivity contribution in [1.29, 1.82) is 0 Å². The van der Waals surface area contributed by atoms with Crippen LogP contribution in [0.1, 0.15) is 12.8 Å². The summed E-state index contributed by atoms with van der Waals surface area (Å²) in [6.07, 6.45) is 1.03. The molecule has 0 aromatic rings. The molecule has 1 atom stereocenters. The highest BCUT2D eigenvalue weighted by molar-refractivity contribution is 14.1. The molecule has 0 saturated heterocycles. The van der Waals surface area contributed by atoms with Crippen LogP contribution in [0.4, 0.5) is 4.79 Å². The summed E-state index contributed by atoms with van der Waals surface area (Å²) in [5.74, 6) is -1.07. The van der Waals surface area contributed by atoms with E-state index in [1.54, 1.807) is 0 Å². The minimum atomic E-state index is -0.674. The van der Waals surface area contributed by atoms with Gasteiger partial charge in [-0.15, -0.1) is 0 Å². The predicted molar refractivity (Wildman–Crippen MR) is 66.8 cm³/mol. The summed E-state index contributed by atoms with van der Waals surface area (Å²) in [7, 11) is 0. The third kappa shape index (κ3) is 7.40. The second-order valence-electron chi connectivity index (χ2n) is 3.09. The molecule has 0 heterocycles. The zero-order chi connectivity index (χ0) is 12.6. The summed E-state index contributed by atoms with van der Waals surface area (Å²) in [5.41, 5.74) is 10.2. The van der Waals surface area contributed by atoms with E-state index in [1.165, 1.54) is 22.6 Å². The van der Waals surface area contributed by atoms with E-state index in [4.69, 9.17) is 11.5 Å². The quantitative estimate of drug-likeness (QED) is 0.264. The maximum Gasteiger partial charge on any atom is 0.281 e. The smallest absolute Gasteiger partial charge is 0.281 e. The molecule has 3 amide bonds. The molecular formula is C8H15IN4O3. The third-order valence-electron chi connectivity index (χ3n) is 1.74. The van der Waals surface area contributed by atoms with Crippen LogP contribution in [-0.4, -0.2) is 34.9 Å². The predicted octanol–water partition coefficient (Wildman–Crippen LogP) is -1.16. The molecule has 0 aliphatic heterocycles. The fourth-order valence-corrected chi connectivity index (χ4v) is 1.40. The average molecular weight is 342 g/mol. The Hall–Kier alpha value is -0.900. The Morgan fingerprint density at radius 2 is 1.94 bits per heavy atom. The monoisotopic (exact) mass is 342 g/mol. The van der Waals surface area contributed by atoms with Gasteiger partial charge in [0.25, 0.3) is 3.91 Å². The average Bonchev–Trinajstić information content (AvgIpc) is 2.20. The van der Waals surface area contributed by atoms with E-state index < -0.39 is 17.9 Å². The Bertz CT molecular complexity index is 272. The van der Waals surface area contributed by atoms with Crippen molar-refractivity contribution in [1.82, 2.24) is 10.6 Å². The van der Waals surface area contributed by atoms with Gasteiger partial charge in [-0.25, -0.2) is 0 Å². The highest BCUT2D eigenvalue weighted by Crippen LogP contribution is 1.99. The van der Waals surface area contributed by atoms with Crippen LogP contribution in [0.3, 0.4) is 0 Å². The number of carbonyl (C=O) groups is 3. The van der Waals surface area contributed by atoms with E-state index in [0.29, 0.717) is 19.4 Å². The molecule has 0 saturated carbocycles. The number of hydrogen-bond acceptors (Lipinski definition) is 4. The molecule has 8 heteroatoms. The first-order valence-corrected chi connectivity index (χ1v) is 5.77. The maximum atomic E-state index is 11.5. The Morgan fingerprint density at radius 1 is 1.31 bits per heavy atom. The van der Waals surface area contributed by atoms with Gasteiger partial charge < -0.3 is 22.1 Å². The van der Waals surface area contributed by atoms with Crippen LogP contribution in [-0.2, 0) is 9.59 Å². The molecule has 0 fully saturated rings. The number of primary amides is 1. The lowest BCUT2D eigenvalue weighted by molar-refractivity contribution is -0.126. The molecule has 92 valence electrons. The van der Waals surface area contributed by atoms with E-state index in [-0.39, 0.29) is 10.5 Å². The SMILES string of the molecule is NCCC[C@@H](NC(=O)I)C(=O)NCC(N)=O. The van der Waals surface area contributed by atoms with Crippen LogP contribution in [0.2, 0.25) is 0 Å². The van der Waals surface area contributed by atoms with Crippen LogP contribution >= 0.6 is 22.6 Å². The van der Waals surface area contributed by atoms with Crippen molar-refractivity contribution in [2.24, 2.45) is 11.5 Å². The molecule has 0 aliphatic carbocycles. The first kappa shape index (κ1) is 15.1. The molecule has 0 aromatic heterocycles. The van der Waals surface area contributed by atoms with Crippen LogP contribution in [0.5, 0.6) is 0 Å². The highest BCUT2D eigenvalue weighted by atomic mass is 127. The summed E-state index contributed by atoms with van der Waals surface area (Å²) in [6, 6.07) is -0.674. The van der Waals surface area contributed by atoms with E-state index >= 15 is 0 Å². The lowest BCUT2D eigenvalue weighted by Gasteiger charge is -2.15. The molecule has 0 aliphatic rings. The molecular weight excluding hydrogens is 327 g/mol. The number of nitrogens with two attached hydrogens (primary N) is 2. The number of amides is 3. The maximum absolute atomic E-state index is 11.5. The molecule has 0 unspecified atom stereocenters. The minimum Gasteiger partial charge on any atom is -0.368 e. The van der Waals surface area contributed by atoms with E-state index in [9.17, 15) is 14.4 Å². The van der Waals surface area contributed by atoms with Gasteiger partial charge in [0.2, 0.25) is 11.8 Å². The van der Waals surface area contributed by atoms with Crippen molar-refractivity contribution < 1.29 is 14.4 Å². The number of rotatable bonds is 7. The summed E-state index contributed by atoms with van der Waals surface area (Å²) in [6.45, 7) is 0.186. The van der Waals surface area contributed by atoms with Gasteiger partial charge in [-0.3, -0.25) is 14.4 Å². The fourth-order valence-electron chi connectivity index (χ4n) is 1.03. The van der Waals surface area contributed by atoms with Crippen molar-refractivity contribution in [3.8, 4) is 0 Å². The van der Waals surface area contributed by atoms with Crippen molar-refractivity contribution in [3.63, 3.8) is 0 Å². The molecule has 0 aromatic carbocycles. The lowest BCUT2D eigenvalue weighted by atomic mass is 10.1. The van der Waals surface area contributed by atoms with Gasteiger partial charge in [0.15, 0.2) is 0 Å². The summed E-state index contributed by atoms with van der Waals surface area (Å²) < 4.78 is -0.339. The Labute approximate surface area is 107 Å². The van der Waals surface area contributed by atoms with Gasteiger partial charge in [0, 0.05) is 22.6 Å². The third-order valence-corrected chi connectivity index (χ3v) is 2.05. The normalized spacial score (nSPS) is 11.6. The van der Waals surface area contributed by atoms with Gasteiger partial charge in [0.05, 0.1) is 6.54 Å². The van der Waals surface area contributed by atoms with Gasteiger partial charge in [0.1, 0.15) is 6.04 Å². The second-order valence-corrected chi connectivity index (χ2v) is 4.07. The molecule has 0 rings (SSSR count). The van der Waals surface area contributed by atoms with Crippen LogP contribution in [0, 0.1) is 0 Å². The van der Waals surface area contributed by atoms with E-state index in [2.05, 4.69) is 10.6 Å². The highest BCUT2D eigenvalue weighted by Gasteiger charge is 2.19. The van der Waals surface area contributed by atoms with Crippen LogP contribution < -0.4 is 22.1 Å². The fraction of sp³-hybridized carbons (Fsp3) is 0.625. The van der Waals surface area contributed by atoms with Gasteiger partial charge in [-0.1, -0.05) is 0 Å². The number of halogens is 1. The molecule has 0 bridgehead atoms. The lowest BCUT2D eigenvalue weighted by Crippen LogP contribution is -2.47. The molecule has 7 nitrogen and oxygen atoms in total. The standard InChI is InChI=1S/C8H15IN4O3/c9-8(16)13-5(2-1-3-10)7(15)12-4-6(11)14/h5H,1-4,10H2,(H2,11,14)(H,12,15)(H,13,16)/t5-/m1/s1. The Balaban J connectivity index is 4.19. The van der Waals surface area contributed by atoms with Crippen LogP contribution in [0.15, 0.2) is 0 Å². The Morgan fingerprint density at radius 3 is 2.38 bits per heavy atom. The first-order chi connectivity index (χ1) is 7.47. The summed E-state index contributed by atoms with van der Waals surface area (Å²) in [4.78, 5) is 32.8. The van der Waals surface area contributed by atoms with Crippen molar-refractivity contribution in [2.45, 2.75) is 18.9 Å². The number of nitrogens with one attached hydrogen (secondary N) is 2. The zero-order valence-electron chi connectivity index (χ0n) is 8.66. The molecule has 0 radical (unpaired) electrons. The van der Waals surface area contributed by atoms with E-state index in [0.717, 1.165) is 0 Å². The van der Waals surface area contributed by atoms with Crippen LogP contribution in [0.25, 0.3) is 0 Å². The molecule has 0 spiro atoms. The van der Waals surface area contributed by atoms with Gasteiger partial charge >= 0.3 is 0 Å². The second kappa shape index (κ2) is 8.28. The Kier molecular flexibility index (Phi) is 7.81.